The summed E-state index contributed by atoms with van der Waals surface area (Å²) in [5.41, 5.74) is 1.26. The molecule has 1 N–H and O–H groups in total. The number of aromatic nitrogens is 2. The summed E-state index contributed by atoms with van der Waals surface area (Å²) in [6.07, 6.45) is 5.05. The van der Waals surface area contributed by atoms with E-state index in [-0.39, 0.29) is 0 Å². The number of hydrogen-bond donors (Lipinski definition) is 1. The molecule has 0 radical (unpaired) electrons. The molecule has 17 heavy (non-hydrogen) atoms. The Labute approximate surface area is 104 Å². The van der Waals surface area contributed by atoms with E-state index in [1.807, 2.05) is 17.9 Å². The fourth-order valence-electron chi connectivity index (χ4n) is 1.68. The van der Waals surface area contributed by atoms with Gasteiger partial charge in [-0.15, -0.1) is 0 Å². The highest BCUT2D eigenvalue weighted by atomic mass is 16.5. The molecule has 1 heterocycles. The highest BCUT2D eigenvalue weighted by molar-refractivity contribution is 5.02. The molecule has 1 rings (SSSR count). The first-order chi connectivity index (χ1) is 8.22. The third-order valence-corrected chi connectivity index (χ3v) is 2.58. The zero-order chi connectivity index (χ0) is 12.5. The minimum Gasteiger partial charge on any atom is -0.385 e. The Morgan fingerprint density at radius 1 is 1.47 bits per heavy atom. The number of hydrogen-bond acceptors (Lipinski definition) is 4. The topological polar surface area (TPSA) is 42.3 Å². The maximum atomic E-state index is 4.99. The number of nitrogens with zero attached hydrogens (tertiary/aromatic N) is 3. The van der Waals surface area contributed by atoms with E-state index in [9.17, 15) is 0 Å². The van der Waals surface area contributed by atoms with Crippen molar-refractivity contribution >= 4 is 0 Å². The smallest absolute Gasteiger partial charge is 0.0534 e. The van der Waals surface area contributed by atoms with Gasteiger partial charge in [0.1, 0.15) is 0 Å². The van der Waals surface area contributed by atoms with Crippen LogP contribution in [0.15, 0.2) is 12.4 Å². The molecular formula is C12H24N4O. The van der Waals surface area contributed by atoms with Gasteiger partial charge in [-0.2, -0.15) is 5.10 Å². The molecule has 0 aliphatic rings. The summed E-state index contributed by atoms with van der Waals surface area (Å²) in [6.45, 7) is 4.86. The molecule has 0 spiro atoms. The molecule has 0 unspecified atom stereocenters. The molecule has 0 atom stereocenters. The van der Waals surface area contributed by atoms with Crippen LogP contribution < -0.4 is 5.32 Å². The molecule has 0 bridgehead atoms. The van der Waals surface area contributed by atoms with E-state index in [1.165, 1.54) is 5.56 Å². The molecule has 0 aromatic carbocycles. The maximum absolute atomic E-state index is 4.99. The first-order valence-corrected chi connectivity index (χ1v) is 6.08. The van der Waals surface area contributed by atoms with Gasteiger partial charge in [0, 0.05) is 52.2 Å². The first-order valence-electron chi connectivity index (χ1n) is 6.08. The molecule has 0 aliphatic carbocycles. The van der Waals surface area contributed by atoms with Crippen LogP contribution in [0.2, 0.25) is 0 Å². The molecule has 0 amide bonds. The van der Waals surface area contributed by atoms with Gasteiger partial charge in [0.15, 0.2) is 0 Å². The van der Waals surface area contributed by atoms with Gasteiger partial charge in [-0.3, -0.25) is 4.68 Å². The van der Waals surface area contributed by atoms with Crippen LogP contribution in [0.25, 0.3) is 0 Å². The number of ether oxygens (including phenoxy) is 1. The molecule has 0 aliphatic heterocycles. The van der Waals surface area contributed by atoms with Crippen molar-refractivity contribution in [1.82, 2.24) is 20.0 Å². The van der Waals surface area contributed by atoms with Crippen molar-refractivity contribution in [2.24, 2.45) is 7.05 Å². The van der Waals surface area contributed by atoms with Gasteiger partial charge in [-0.05, 0) is 20.0 Å². The minimum absolute atomic E-state index is 0.832. The van der Waals surface area contributed by atoms with Gasteiger partial charge < -0.3 is 15.0 Å². The monoisotopic (exact) mass is 240 g/mol. The van der Waals surface area contributed by atoms with Crippen molar-refractivity contribution in [3.05, 3.63) is 18.0 Å². The Morgan fingerprint density at radius 2 is 2.29 bits per heavy atom. The largest absolute Gasteiger partial charge is 0.385 e. The lowest BCUT2D eigenvalue weighted by Crippen LogP contribution is -2.29. The SMILES string of the molecule is COCCCNCCN(C)Cc1cnn(C)c1. The lowest BCUT2D eigenvalue weighted by molar-refractivity contribution is 0.194. The van der Waals surface area contributed by atoms with Crippen molar-refractivity contribution < 1.29 is 4.74 Å². The molecule has 0 fully saturated rings. The summed E-state index contributed by atoms with van der Waals surface area (Å²) < 4.78 is 6.83. The predicted molar refractivity (Wildman–Crippen MR) is 68.9 cm³/mol. The standard InChI is InChI=1S/C12H24N4O/c1-15(7-6-13-5-4-8-17-3)10-12-9-14-16(2)11-12/h9,11,13H,4-8,10H2,1-3H3. The van der Waals surface area contributed by atoms with Gasteiger partial charge >= 0.3 is 0 Å². The van der Waals surface area contributed by atoms with Crippen molar-refractivity contribution in [2.75, 3.05) is 40.4 Å². The molecule has 5 heteroatoms. The number of nitrogens with one attached hydrogen (secondary N) is 1. The van der Waals surface area contributed by atoms with E-state index in [2.05, 4.69) is 28.6 Å². The van der Waals surface area contributed by atoms with Crippen LogP contribution >= 0.6 is 0 Å². The van der Waals surface area contributed by atoms with E-state index in [0.29, 0.717) is 0 Å². The summed E-state index contributed by atoms with van der Waals surface area (Å²) >= 11 is 0. The lowest BCUT2D eigenvalue weighted by atomic mass is 10.3. The number of likely N-dealkylation sites (N-methyl/N-ethyl adjacent to an activating group) is 1. The van der Waals surface area contributed by atoms with Crippen LogP contribution in [0, 0.1) is 0 Å². The second kappa shape index (κ2) is 8.22. The highest BCUT2D eigenvalue weighted by Crippen LogP contribution is 1.99. The predicted octanol–water partition coefficient (Wildman–Crippen LogP) is 0.478. The molecule has 0 saturated heterocycles. The van der Waals surface area contributed by atoms with Gasteiger partial charge in [-0.1, -0.05) is 0 Å². The van der Waals surface area contributed by atoms with Crippen LogP contribution in [0.5, 0.6) is 0 Å². The van der Waals surface area contributed by atoms with Crippen LogP contribution in [0.3, 0.4) is 0 Å². The van der Waals surface area contributed by atoms with Crippen molar-refractivity contribution in [3.8, 4) is 0 Å². The highest BCUT2D eigenvalue weighted by Gasteiger charge is 2.01. The second-order valence-electron chi connectivity index (χ2n) is 4.36. The van der Waals surface area contributed by atoms with Crippen LogP contribution in [-0.2, 0) is 18.3 Å². The zero-order valence-corrected chi connectivity index (χ0v) is 11.1. The van der Waals surface area contributed by atoms with Crippen LogP contribution in [0.4, 0.5) is 0 Å². The summed E-state index contributed by atoms with van der Waals surface area (Å²) in [7, 11) is 5.81. The minimum atomic E-state index is 0.832. The van der Waals surface area contributed by atoms with Crippen LogP contribution in [0.1, 0.15) is 12.0 Å². The van der Waals surface area contributed by atoms with Crippen molar-refractivity contribution in [1.29, 1.82) is 0 Å². The van der Waals surface area contributed by atoms with Gasteiger partial charge in [0.25, 0.3) is 0 Å². The first kappa shape index (κ1) is 14.2. The Kier molecular flexibility index (Phi) is 6.84. The average Bonchev–Trinajstić information content (AvgIpc) is 2.69. The molecule has 98 valence electrons. The molecule has 5 nitrogen and oxygen atoms in total. The fraction of sp³-hybridized carbons (Fsp3) is 0.750. The molecule has 1 aromatic rings. The van der Waals surface area contributed by atoms with Gasteiger partial charge in [-0.25, -0.2) is 0 Å². The number of methoxy groups -OCH3 is 1. The normalized spacial score (nSPS) is 11.3. The fourth-order valence-corrected chi connectivity index (χ4v) is 1.68. The third kappa shape index (κ3) is 6.41. The Morgan fingerprint density at radius 3 is 2.94 bits per heavy atom. The Hall–Kier alpha value is -0.910. The maximum Gasteiger partial charge on any atom is 0.0534 e. The van der Waals surface area contributed by atoms with Gasteiger partial charge in [0.2, 0.25) is 0 Å². The van der Waals surface area contributed by atoms with Gasteiger partial charge in [0.05, 0.1) is 6.20 Å². The summed E-state index contributed by atoms with van der Waals surface area (Å²) in [5.74, 6) is 0. The summed E-state index contributed by atoms with van der Waals surface area (Å²) in [6, 6.07) is 0. The third-order valence-electron chi connectivity index (χ3n) is 2.58. The van der Waals surface area contributed by atoms with Crippen molar-refractivity contribution in [3.63, 3.8) is 0 Å². The Balaban J connectivity index is 2.03. The van der Waals surface area contributed by atoms with E-state index >= 15 is 0 Å². The molecule has 0 saturated carbocycles. The van der Waals surface area contributed by atoms with E-state index in [1.54, 1.807) is 7.11 Å². The summed E-state index contributed by atoms with van der Waals surface area (Å²) in [4.78, 5) is 2.29. The quantitative estimate of drug-likeness (QED) is 0.638. The lowest BCUT2D eigenvalue weighted by Gasteiger charge is -2.15. The molecule has 1 aromatic heterocycles. The number of rotatable bonds is 9. The average molecular weight is 240 g/mol. The van der Waals surface area contributed by atoms with Crippen molar-refractivity contribution in [2.45, 2.75) is 13.0 Å². The second-order valence-corrected chi connectivity index (χ2v) is 4.36. The van der Waals surface area contributed by atoms with E-state index in [4.69, 9.17) is 4.74 Å². The molecular weight excluding hydrogens is 216 g/mol. The zero-order valence-electron chi connectivity index (χ0n) is 11.1. The van der Waals surface area contributed by atoms with Crippen LogP contribution in [-0.4, -0.2) is 55.1 Å². The van der Waals surface area contributed by atoms with E-state index < -0.39 is 0 Å². The number of aryl methyl sites for hydroxylation is 1. The Bertz CT molecular complexity index is 300. The summed E-state index contributed by atoms with van der Waals surface area (Å²) in [5, 5.41) is 7.56. The van der Waals surface area contributed by atoms with E-state index in [0.717, 1.165) is 39.2 Å².